The topological polar surface area (TPSA) is 59.2 Å². The van der Waals surface area contributed by atoms with Gasteiger partial charge < -0.3 is 9.52 Å². The summed E-state index contributed by atoms with van der Waals surface area (Å²) in [5.74, 6) is 0.374. The Morgan fingerprint density at radius 2 is 1.41 bits per heavy atom. The molecule has 1 N–H and O–H groups in total. The van der Waals surface area contributed by atoms with Crippen molar-refractivity contribution in [3.63, 3.8) is 0 Å². The van der Waals surface area contributed by atoms with Crippen LogP contribution in [0.1, 0.15) is 30.6 Å². The number of aryl methyl sites for hydroxylation is 3. The molecule has 5 heteroatoms. The van der Waals surface area contributed by atoms with Crippen molar-refractivity contribution >= 4 is 22.0 Å². The van der Waals surface area contributed by atoms with E-state index in [0.717, 1.165) is 27.6 Å². The molecule has 0 atom stereocenters. The molecule has 0 aliphatic carbocycles. The molecule has 4 nitrogen and oxygen atoms in total. The predicted molar refractivity (Wildman–Crippen MR) is 195 cm³/mol. The molecule has 0 fully saturated rings. The summed E-state index contributed by atoms with van der Waals surface area (Å²) in [5.41, 5.74) is 12.3. The van der Waals surface area contributed by atoms with Crippen LogP contribution in [0.5, 0.6) is 5.75 Å². The van der Waals surface area contributed by atoms with Crippen molar-refractivity contribution in [3.8, 4) is 50.6 Å². The number of benzene rings is 6. The van der Waals surface area contributed by atoms with Crippen molar-refractivity contribution in [2.24, 2.45) is 0 Å². The molecule has 2 aromatic heterocycles. The molecule has 0 radical (unpaired) electrons. The molecule has 49 heavy (non-hydrogen) atoms. The summed E-state index contributed by atoms with van der Waals surface area (Å²) in [6.45, 7) is 6.40. The third-order valence-electron chi connectivity index (χ3n) is 8.74. The van der Waals surface area contributed by atoms with Gasteiger partial charge in [0, 0.05) is 35.5 Å². The second kappa shape index (κ2) is 13.3. The number of fused-ring (bicyclic) bond motifs is 2. The number of phenolic OH excluding ortho intramolecular Hbond substituents is 1. The summed E-state index contributed by atoms with van der Waals surface area (Å²) in [6, 6.07) is 42.0. The molecule has 8 rings (SSSR count). The van der Waals surface area contributed by atoms with Crippen LogP contribution < -0.4 is 0 Å². The summed E-state index contributed by atoms with van der Waals surface area (Å²) in [6.07, 6.45) is -0.0396. The van der Waals surface area contributed by atoms with Gasteiger partial charge in [-0.1, -0.05) is 95.6 Å². The Bertz CT molecular complexity index is 2560. The second-order valence-corrected chi connectivity index (χ2v) is 12.2. The molecule has 0 saturated heterocycles. The van der Waals surface area contributed by atoms with Gasteiger partial charge in [-0.2, -0.15) is 0 Å². The maximum absolute atomic E-state index is 10.6. The molecular weight excluding hydrogens is 784 g/mol. The number of nitrogens with zero attached hydrogens (tertiary/aromatic N) is 2. The minimum atomic E-state index is -1.83. The minimum absolute atomic E-state index is 0. The molecular formula is C44H33N2O2Pt-. The van der Waals surface area contributed by atoms with E-state index in [-0.39, 0.29) is 26.8 Å². The molecule has 6 aromatic carbocycles. The molecule has 0 amide bonds. The molecule has 0 spiro atoms. The third-order valence-corrected chi connectivity index (χ3v) is 8.74. The second-order valence-electron chi connectivity index (χ2n) is 12.2. The van der Waals surface area contributed by atoms with E-state index in [1.807, 2.05) is 72.8 Å². The Balaban J connectivity index is 0.00000406. The van der Waals surface area contributed by atoms with Gasteiger partial charge in [0.1, 0.15) is 11.3 Å². The number of aromatic nitrogens is 2. The van der Waals surface area contributed by atoms with Gasteiger partial charge in [-0.05, 0) is 90.7 Å². The van der Waals surface area contributed by atoms with Crippen molar-refractivity contribution in [1.82, 2.24) is 9.97 Å². The first kappa shape index (κ1) is 29.8. The van der Waals surface area contributed by atoms with Gasteiger partial charge in [0.05, 0.1) is 11.1 Å². The molecule has 0 saturated carbocycles. The average molecular weight is 819 g/mol. The van der Waals surface area contributed by atoms with Gasteiger partial charge in [0.2, 0.25) is 5.89 Å². The van der Waals surface area contributed by atoms with E-state index < -0.39 is 6.37 Å². The number of hydrogen-bond donors (Lipinski definition) is 1. The maximum Gasteiger partial charge on any atom is 0.230 e. The quantitative estimate of drug-likeness (QED) is 0.170. The van der Waals surface area contributed by atoms with Gasteiger partial charge >= 0.3 is 0 Å². The number of phenols is 1. The van der Waals surface area contributed by atoms with E-state index in [2.05, 4.69) is 57.2 Å². The summed E-state index contributed by atoms with van der Waals surface area (Å²) in [7, 11) is 0. The first-order chi connectivity index (χ1) is 24.2. The predicted octanol–water partition coefficient (Wildman–Crippen LogP) is 11.1. The first-order valence-corrected chi connectivity index (χ1v) is 16.0. The SMILES string of the molecule is [2H]C([2H])(c1ccccc1)c1cc(-c2cc(-c3c(C)cc(C)cc3C)cc3cccnc23)[c-]c(-c2cccc3oc(-c4ccccc4O)nc23)c1.[Pt]. The number of para-hydroxylation sites is 2. The maximum atomic E-state index is 10.6. The van der Waals surface area contributed by atoms with Crippen molar-refractivity contribution in [3.05, 3.63) is 161 Å². The Morgan fingerprint density at radius 3 is 2.18 bits per heavy atom. The zero-order chi connectivity index (χ0) is 34.6. The Hall–Kier alpha value is -5.31. The molecule has 0 aliphatic rings. The van der Waals surface area contributed by atoms with Gasteiger partial charge in [-0.25, -0.2) is 4.98 Å². The fourth-order valence-electron chi connectivity index (χ4n) is 6.73. The number of rotatable bonds is 6. The number of pyridine rings is 1. The first-order valence-electron chi connectivity index (χ1n) is 17.0. The van der Waals surface area contributed by atoms with E-state index in [9.17, 15) is 7.85 Å². The molecule has 0 unspecified atom stereocenters. The van der Waals surface area contributed by atoms with Crippen molar-refractivity contribution < 1.29 is 33.3 Å². The third kappa shape index (κ3) is 6.21. The van der Waals surface area contributed by atoms with Gasteiger partial charge in [0.25, 0.3) is 0 Å². The van der Waals surface area contributed by atoms with E-state index in [1.54, 1.807) is 24.4 Å². The number of hydrogen-bond acceptors (Lipinski definition) is 4. The summed E-state index contributed by atoms with van der Waals surface area (Å²) < 4.78 is 25.0. The van der Waals surface area contributed by atoms with Gasteiger partial charge in [-0.15, -0.1) is 34.9 Å². The smallest absolute Gasteiger partial charge is 0.230 e. The van der Waals surface area contributed by atoms with Gasteiger partial charge in [0.15, 0.2) is 0 Å². The van der Waals surface area contributed by atoms with Crippen molar-refractivity contribution in [2.45, 2.75) is 27.1 Å². The summed E-state index contributed by atoms with van der Waals surface area (Å²) >= 11 is 0. The van der Waals surface area contributed by atoms with Crippen LogP contribution >= 0.6 is 0 Å². The molecule has 2 heterocycles. The fourth-order valence-corrected chi connectivity index (χ4v) is 6.73. The minimum Gasteiger partial charge on any atom is -0.507 e. The Kier molecular flexibility index (Phi) is 8.09. The van der Waals surface area contributed by atoms with Crippen molar-refractivity contribution in [1.29, 1.82) is 0 Å². The van der Waals surface area contributed by atoms with E-state index >= 15 is 0 Å². The normalized spacial score (nSPS) is 12.1. The van der Waals surface area contributed by atoms with Crippen molar-refractivity contribution in [2.75, 3.05) is 0 Å². The van der Waals surface area contributed by atoms with Crippen LogP contribution in [0.25, 0.3) is 66.8 Å². The van der Waals surface area contributed by atoms with Gasteiger partial charge in [-0.3, -0.25) is 4.98 Å². The van der Waals surface area contributed by atoms with Crippen LogP contribution in [0, 0.1) is 26.8 Å². The number of oxazole rings is 1. The van der Waals surface area contributed by atoms with Crippen LogP contribution in [0.3, 0.4) is 0 Å². The van der Waals surface area contributed by atoms with Crippen LogP contribution in [-0.2, 0) is 27.4 Å². The largest absolute Gasteiger partial charge is 0.507 e. The monoisotopic (exact) mass is 818 g/mol. The van der Waals surface area contributed by atoms with Crippen LogP contribution in [0.15, 0.2) is 132 Å². The van der Waals surface area contributed by atoms with E-state index in [1.165, 1.54) is 22.3 Å². The zero-order valence-corrected chi connectivity index (χ0v) is 29.5. The van der Waals surface area contributed by atoms with E-state index in [4.69, 9.17) is 14.4 Å². The molecule has 8 aromatic rings. The molecule has 0 bridgehead atoms. The van der Waals surface area contributed by atoms with Crippen LogP contribution in [0.4, 0.5) is 0 Å². The standard InChI is InChI=1S/C44H33N2O2.Pt/c1-27-19-28(2)41(29(3)20-27)35-24-32-13-10-18-45-42(32)38(26-35)34-23-31(21-30-11-5-4-6-12-30)22-33(25-34)36-15-9-17-40-43(36)46-44(48-40)37-14-7-8-16-39(37)47;/h4-20,22-24,26,47H,21H2,1-3H3;/q-1;/i21D2;. The Morgan fingerprint density at radius 1 is 0.694 bits per heavy atom. The summed E-state index contributed by atoms with van der Waals surface area (Å²) in [4.78, 5) is 9.68. The summed E-state index contributed by atoms with van der Waals surface area (Å²) in [5, 5.41) is 11.5. The molecule has 0 aliphatic heterocycles. The van der Waals surface area contributed by atoms with Crippen LogP contribution in [-0.4, -0.2) is 15.1 Å². The average Bonchev–Trinajstić information content (AvgIpc) is 3.56. The van der Waals surface area contributed by atoms with Crippen LogP contribution in [0.2, 0.25) is 0 Å². The number of aromatic hydroxyl groups is 1. The Labute approximate surface area is 303 Å². The van der Waals surface area contributed by atoms with E-state index in [0.29, 0.717) is 44.8 Å². The fraction of sp³-hybridized carbons (Fsp3) is 0.0909. The molecule has 242 valence electrons. The zero-order valence-electron chi connectivity index (χ0n) is 29.2.